The first kappa shape index (κ1) is 17.8. The van der Waals surface area contributed by atoms with E-state index < -0.39 is 26.8 Å². The van der Waals surface area contributed by atoms with Gasteiger partial charge in [0.05, 0.1) is 6.10 Å². The summed E-state index contributed by atoms with van der Waals surface area (Å²) in [5.41, 5.74) is 2.69. The average molecular weight is 377 g/mol. The molecule has 0 fully saturated rings. The molecule has 0 spiro atoms. The molecule has 1 aromatic heterocycles. The lowest BCUT2D eigenvalue weighted by atomic mass is 10.0. The summed E-state index contributed by atoms with van der Waals surface area (Å²) in [5, 5.41) is 14.2. The van der Waals surface area contributed by atoms with Gasteiger partial charge in [-0.1, -0.05) is 36.4 Å². The number of aliphatic hydroxyl groups excluding tert-OH is 1. The van der Waals surface area contributed by atoms with Crippen LogP contribution in [0.3, 0.4) is 0 Å². The van der Waals surface area contributed by atoms with E-state index in [0.29, 0.717) is 5.56 Å². The molecule has 25 heavy (non-hydrogen) atoms. The van der Waals surface area contributed by atoms with Crippen LogP contribution < -0.4 is 4.72 Å². The van der Waals surface area contributed by atoms with E-state index in [0.717, 1.165) is 17.2 Å². The van der Waals surface area contributed by atoms with Crippen LogP contribution in [0.25, 0.3) is 11.1 Å². The summed E-state index contributed by atoms with van der Waals surface area (Å²) < 4.78 is 40.1. The van der Waals surface area contributed by atoms with Crippen molar-refractivity contribution in [2.45, 2.75) is 11.0 Å². The number of hydrogen-bond donors (Lipinski definition) is 2. The number of hydrogen-bond acceptors (Lipinski definition) is 4. The summed E-state index contributed by atoms with van der Waals surface area (Å²) in [6, 6.07) is 14.3. The van der Waals surface area contributed by atoms with Crippen molar-refractivity contribution in [3.8, 4) is 11.1 Å². The Morgan fingerprint density at radius 2 is 1.76 bits per heavy atom. The van der Waals surface area contributed by atoms with Crippen LogP contribution in [-0.2, 0) is 10.0 Å². The first-order valence-electron chi connectivity index (χ1n) is 7.52. The zero-order valence-corrected chi connectivity index (χ0v) is 14.7. The fourth-order valence-corrected chi connectivity index (χ4v) is 4.15. The standard InChI is InChI=1S/C18H16FNO3S2/c19-16-3-1-2-4-18(16)25(22,23)20-11-17(21)14-7-5-13(6-8-14)15-9-10-24-12-15/h1-10,12,17,20-21H,11H2/t17-/m1/s1. The van der Waals surface area contributed by atoms with Gasteiger partial charge in [0.1, 0.15) is 10.7 Å². The van der Waals surface area contributed by atoms with Crippen LogP contribution in [0, 0.1) is 5.82 Å². The zero-order chi connectivity index (χ0) is 17.9. The van der Waals surface area contributed by atoms with Gasteiger partial charge in [-0.25, -0.2) is 17.5 Å². The van der Waals surface area contributed by atoms with Crippen LogP contribution in [0.4, 0.5) is 4.39 Å². The molecule has 0 bridgehead atoms. The average Bonchev–Trinajstić information content (AvgIpc) is 3.15. The lowest BCUT2D eigenvalue weighted by Gasteiger charge is -2.13. The SMILES string of the molecule is O=S(=O)(NC[C@@H](O)c1ccc(-c2ccsc2)cc1)c1ccccc1F. The van der Waals surface area contributed by atoms with Gasteiger partial charge < -0.3 is 5.11 Å². The van der Waals surface area contributed by atoms with Crippen molar-refractivity contribution in [3.05, 3.63) is 76.7 Å². The number of rotatable bonds is 6. The molecule has 3 rings (SSSR count). The van der Waals surface area contributed by atoms with Gasteiger partial charge >= 0.3 is 0 Å². The molecule has 1 heterocycles. The van der Waals surface area contributed by atoms with E-state index in [1.807, 2.05) is 29.0 Å². The number of nitrogens with one attached hydrogen (secondary N) is 1. The molecular formula is C18H16FNO3S2. The van der Waals surface area contributed by atoms with Crippen LogP contribution in [0.1, 0.15) is 11.7 Å². The van der Waals surface area contributed by atoms with Gasteiger partial charge in [-0.15, -0.1) is 0 Å². The highest BCUT2D eigenvalue weighted by atomic mass is 32.2. The third kappa shape index (κ3) is 4.13. The van der Waals surface area contributed by atoms with Crippen molar-refractivity contribution in [1.29, 1.82) is 0 Å². The van der Waals surface area contributed by atoms with E-state index >= 15 is 0 Å². The zero-order valence-electron chi connectivity index (χ0n) is 13.1. The molecule has 0 unspecified atom stereocenters. The van der Waals surface area contributed by atoms with Crippen molar-refractivity contribution in [2.24, 2.45) is 0 Å². The highest BCUT2D eigenvalue weighted by Gasteiger charge is 2.20. The third-order valence-corrected chi connectivity index (χ3v) is 5.88. The minimum absolute atomic E-state index is 0.242. The van der Waals surface area contributed by atoms with Crippen LogP contribution >= 0.6 is 11.3 Å². The molecule has 0 radical (unpaired) electrons. The molecule has 4 nitrogen and oxygen atoms in total. The van der Waals surface area contributed by atoms with Gasteiger partial charge in [-0.2, -0.15) is 11.3 Å². The number of thiophene rings is 1. The summed E-state index contributed by atoms with van der Waals surface area (Å²) in [6.07, 6.45) is -1.03. The summed E-state index contributed by atoms with van der Waals surface area (Å²) in [7, 11) is -4.02. The smallest absolute Gasteiger partial charge is 0.243 e. The number of benzene rings is 2. The van der Waals surface area contributed by atoms with Crippen LogP contribution in [0.2, 0.25) is 0 Å². The Hall–Kier alpha value is -2.06. The summed E-state index contributed by atoms with van der Waals surface area (Å²) in [6.45, 7) is -0.242. The van der Waals surface area contributed by atoms with Crippen molar-refractivity contribution >= 4 is 21.4 Å². The van der Waals surface area contributed by atoms with Gasteiger partial charge in [0.15, 0.2) is 0 Å². The Morgan fingerprint density at radius 3 is 2.40 bits per heavy atom. The fraction of sp³-hybridized carbons (Fsp3) is 0.111. The van der Waals surface area contributed by atoms with Gasteiger partial charge in [0.25, 0.3) is 0 Å². The molecule has 130 valence electrons. The minimum atomic E-state index is -4.02. The minimum Gasteiger partial charge on any atom is -0.387 e. The lowest BCUT2D eigenvalue weighted by molar-refractivity contribution is 0.182. The Morgan fingerprint density at radius 1 is 1.04 bits per heavy atom. The monoisotopic (exact) mass is 377 g/mol. The molecule has 0 saturated carbocycles. The predicted molar refractivity (Wildman–Crippen MR) is 96.3 cm³/mol. The maximum absolute atomic E-state index is 13.6. The van der Waals surface area contributed by atoms with Crippen molar-refractivity contribution < 1.29 is 17.9 Å². The van der Waals surface area contributed by atoms with Gasteiger partial charge in [-0.3, -0.25) is 0 Å². The second kappa shape index (κ2) is 7.45. The van der Waals surface area contributed by atoms with Crippen LogP contribution in [0.5, 0.6) is 0 Å². The molecule has 7 heteroatoms. The van der Waals surface area contributed by atoms with Crippen LogP contribution in [0.15, 0.2) is 70.3 Å². The summed E-state index contributed by atoms with van der Waals surface area (Å²) >= 11 is 1.60. The van der Waals surface area contributed by atoms with Crippen LogP contribution in [-0.4, -0.2) is 20.1 Å². The van der Waals surface area contributed by atoms with E-state index in [1.54, 1.807) is 23.5 Å². The first-order chi connectivity index (χ1) is 12.0. The van der Waals surface area contributed by atoms with E-state index in [1.165, 1.54) is 18.2 Å². The second-order valence-electron chi connectivity index (χ2n) is 5.43. The van der Waals surface area contributed by atoms with Crippen molar-refractivity contribution in [3.63, 3.8) is 0 Å². The van der Waals surface area contributed by atoms with Crippen molar-refractivity contribution in [1.82, 2.24) is 4.72 Å². The number of sulfonamides is 1. The number of aliphatic hydroxyl groups is 1. The van der Waals surface area contributed by atoms with Gasteiger partial charge in [0.2, 0.25) is 10.0 Å². The summed E-state index contributed by atoms with van der Waals surface area (Å²) in [4.78, 5) is -0.435. The molecule has 2 N–H and O–H groups in total. The largest absolute Gasteiger partial charge is 0.387 e. The maximum Gasteiger partial charge on any atom is 0.243 e. The molecule has 0 aliphatic heterocycles. The molecular weight excluding hydrogens is 361 g/mol. The first-order valence-corrected chi connectivity index (χ1v) is 9.95. The normalized spacial score (nSPS) is 12.9. The highest BCUT2D eigenvalue weighted by molar-refractivity contribution is 7.89. The van der Waals surface area contributed by atoms with E-state index in [2.05, 4.69) is 4.72 Å². The molecule has 1 atom stereocenters. The lowest BCUT2D eigenvalue weighted by Crippen LogP contribution is -2.29. The molecule has 0 aliphatic carbocycles. The van der Waals surface area contributed by atoms with E-state index in [4.69, 9.17) is 0 Å². The molecule has 0 saturated heterocycles. The van der Waals surface area contributed by atoms with Gasteiger partial charge in [0, 0.05) is 6.54 Å². The van der Waals surface area contributed by atoms with E-state index in [9.17, 15) is 17.9 Å². The van der Waals surface area contributed by atoms with Gasteiger partial charge in [-0.05, 0) is 45.6 Å². The second-order valence-corrected chi connectivity index (χ2v) is 7.95. The Labute approximate surface area is 149 Å². The quantitative estimate of drug-likeness (QED) is 0.690. The molecule has 0 aliphatic rings. The predicted octanol–water partition coefficient (Wildman–Crippen LogP) is 3.57. The van der Waals surface area contributed by atoms with Crippen molar-refractivity contribution in [2.75, 3.05) is 6.54 Å². The third-order valence-electron chi connectivity index (χ3n) is 3.74. The Kier molecular flexibility index (Phi) is 5.29. The fourth-order valence-electron chi connectivity index (χ4n) is 2.37. The Balaban J connectivity index is 1.68. The highest BCUT2D eigenvalue weighted by Crippen LogP contribution is 2.24. The summed E-state index contributed by atoms with van der Waals surface area (Å²) in [5.74, 6) is -0.829. The number of halogens is 1. The molecule has 3 aromatic rings. The molecule has 0 amide bonds. The maximum atomic E-state index is 13.6. The Bertz CT molecular complexity index is 939. The molecule has 2 aromatic carbocycles. The van der Waals surface area contributed by atoms with E-state index in [-0.39, 0.29) is 6.54 Å². The topological polar surface area (TPSA) is 66.4 Å².